The Bertz CT molecular complexity index is 3190. The summed E-state index contributed by atoms with van der Waals surface area (Å²) >= 11 is 2.22. The number of nitrogens with zero attached hydrogens (tertiary/aromatic N) is 6. The summed E-state index contributed by atoms with van der Waals surface area (Å²) in [6.45, 7) is 4.19. The van der Waals surface area contributed by atoms with Crippen molar-refractivity contribution in [2.75, 3.05) is 4.90 Å². The summed E-state index contributed by atoms with van der Waals surface area (Å²) in [6, 6.07) is 40.9. The maximum absolute atomic E-state index is 13.4. The molecule has 0 saturated carbocycles. The molecule has 0 aliphatic heterocycles. The van der Waals surface area contributed by atoms with Crippen molar-refractivity contribution in [2.45, 2.75) is 13.8 Å². The Kier molecular flexibility index (Phi) is 7.11. The fourth-order valence-electron chi connectivity index (χ4n) is 7.18. The SMILES string of the molecule is Cc1ccc(N(c2ccc(C)cc2)c2ccc(-c3cc4c(cc(/N=c5\c(=O)c(=O)c6cc7ccccc7cc56)c5nsnc54)c4nsnc34)cc2)cc1. The molecule has 0 unspecified atom stereocenters. The van der Waals surface area contributed by atoms with E-state index in [1.165, 1.54) is 11.1 Å². The zero-order valence-corrected chi connectivity index (χ0v) is 30.0. The quantitative estimate of drug-likeness (QED) is 0.163. The third-order valence-corrected chi connectivity index (χ3v) is 11.0. The van der Waals surface area contributed by atoms with E-state index in [-0.39, 0.29) is 5.36 Å². The standard InChI is InChI=1S/C43H26N6O2S2/c1-23-7-13-28(14-8-23)49(29-15-9-24(2)10-16-29)30-17-11-25(12-18-30)31-21-33-34(38-37(31)45-52-46-38)22-36(41-39(33)47-53-48-41)44-40-32-19-26-5-3-4-6-27(26)20-35(32)42(50)43(40)51/h3-22H,1-2H3/b44-40-. The second kappa shape index (κ2) is 12.0. The van der Waals surface area contributed by atoms with Gasteiger partial charge in [0.05, 0.1) is 29.1 Å². The van der Waals surface area contributed by atoms with Gasteiger partial charge in [0, 0.05) is 44.2 Å². The Labute approximate surface area is 309 Å². The summed E-state index contributed by atoms with van der Waals surface area (Å²) in [7, 11) is 0. The second-order valence-corrected chi connectivity index (χ2v) is 14.3. The van der Waals surface area contributed by atoms with Crippen molar-refractivity contribution in [3.63, 3.8) is 0 Å². The lowest BCUT2D eigenvalue weighted by Gasteiger charge is -2.26. The minimum Gasteiger partial charge on any atom is -0.311 e. The summed E-state index contributed by atoms with van der Waals surface area (Å²) in [4.78, 5) is 33.6. The predicted molar refractivity (Wildman–Crippen MR) is 217 cm³/mol. The highest BCUT2D eigenvalue weighted by Gasteiger charge is 2.20. The molecule has 0 spiro atoms. The Morgan fingerprint density at radius 2 is 1.02 bits per heavy atom. The Balaban J connectivity index is 1.13. The molecule has 0 aliphatic rings. The van der Waals surface area contributed by atoms with Crippen LogP contribution in [0.25, 0.3) is 65.5 Å². The molecular weight excluding hydrogens is 697 g/mol. The smallest absolute Gasteiger partial charge is 0.252 e. The molecule has 0 radical (unpaired) electrons. The van der Waals surface area contributed by atoms with E-state index < -0.39 is 10.9 Å². The number of aryl methyl sites for hydroxylation is 2. The molecule has 0 fully saturated rings. The summed E-state index contributed by atoms with van der Waals surface area (Å²) in [6.07, 6.45) is 0. The number of benzene rings is 7. The summed E-state index contributed by atoms with van der Waals surface area (Å²) in [5.74, 6) is 0. The van der Waals surface area contributed by atoms with Gasteiger partial charge >= 0.3 is 0 Å². The summed E-state index contributed by atoms with van der Waals surface area (Å²) in [5, 5.41) is 4.48. The topological polar surface area (TPSA) is 101 Å². The number of hydrogen-bond donors (Lipinski definition) is 0. The zero-order chi connectivity index (χ0) is 35.8. The van der Waals surface area contributed by atoms with Crippen molar-refractivity contribution in [1.29, 1.82) is 0 Å². The third-order valence-electron chi connectivity index (χ3n) is 9.90. The van der Waals surface area contributed by atoms with Crippen molar-refractivity contribution >= 4 is 101 Å². The maximum Gasteiger partial charge on any atom is 0.252 e. The van der Waals surface area contributed by atoms with Gasteiger partial charge in [-0.2, -0.15) is 17.5 Å². The minimum atomic E-state index is -0.630. The van der Waals surface area contributed by atoms with Crippen LogP contribution in [0.2, 0.25) is 0 Å². The van der Waals surface area contributed by atoms with E-state index in [9.17, 15) is 9.59 Å². The summed E-state index contributed by atoms with van der Waals surface area (Å²) < 4.78 is 18.8. The van der Waals surface area contributed by atoms with Crippen LogP contribution in [0, 0.1) is 13.8 Å². The van der Waals surface area contributed by atoms with Crippen LogP contribution >= 0.6 is 23.5 Å². The van der Waals surface area contributed by atoms with Gasteiger partial charge in [0.15, 0.2) is 0 Å². The van der Waals surface area contributed by atoms with Gasteiger partial charge in [-0.3, -0.25) is 9.59 Å². The van der Waals surface area contributed by atoms with E-state index in [2.05, 4.69) is 102 Å². The molecule has 0 aliphatic carbocycles. The van der Waals surface area contributed by atoms with Crippen LogP contribution in [0.15, 0.2) is 136 Å². The number of anilines is 3. The average Bonchev–Trinajstić information content (AvgIpc) is 3.93. The highest BCUT2D eigenvalue weighted by atomic mass is 32.1. The number of rotatable bonds is 5. The molecule has 0 N–H and O–H groups in total. The van der Waals surface area contributed by atoms with E-state index in [4.69, 9.17) is 18.1 Å². The zero-order valence-electron chi connectivity index (χ0n) is 28.4. The van der Waals surface area contributed by atoms with E-state index in [1.807, 2.05) is 36.4 Å². The van der Waals surface area contributed by atoms with Crippen LogP contribution in [-0.2, 0) is 0 Å². The van der Waals surface area contributed by atoms with E-state index in [1.54, 1.807) is 6.07 Å². The molecule has 2 heterocycles. The number of hydrogen-bond acceptors (Lipinski definition) is 10. The lowest BCUT2D eigenvalue weighted by Crippen LogP contribution is -2.30. The van der Waals surface area contributed by atoms with Gasteiger partial charge in [-0.05, 0) is 90.8 Å². The number of fused-ring (bicyclic) bond motifs is 7. The minimum absolute atomic E-state index is 0.110. The first-order valence-electron chi connectivity index (χ1n) is 17.0. The lowest BCUT2D eigenvalue weighted by atomic mass is 9.97. The maximum atomic E-state index is 13.4. The molecule has 252 valence electrons. The normalized spacial score (nSPS) is 12.2. The van der Waals surface area contributed by atoms with Crippen molar-refractivity contribution in [2.24, 2.45) is 4.99 Å². The van der Waals surface area contributed by atoms with Crippen LogP contribution in [0.3, 0.4) is 0 Å². The third kappa shape index (κ3) is 5.06. The first kappa shape index (κ1) is 31.3. The molecule has 10 heteroatoms. The van der Waals surface area contributed by atoms with Crippen molar-refractivity contribution in [1.82, 2.24) is 17.5 Å². The molecule has 0 atom stereocenters. The first-order valence-corrected chi connectivity index (χ1v) is 18.5. The molecule has 53 heavy (non-hydrogen) atoms. The highest BCUT2D eigenvalue weighted by molar-refractivity contribution is 7.00. The van der Waals surface area contributed by atoms with Crippen LogP contribution in [0.1, 0.15) is 11.1 Å². The predicted octanol–water partition coefficient (Wildman–Crippen LogP) is 9.74. The highest BCUT2D eigenvalue weighted by Crippen LogP contribution is 2.41. The van der Waals surface area contributed by atoms with Gasteiger partial charge in [-0.15, -0.1) is 0 Å². The Hall–Kier alpha value is -6.49. The molecule has 8 aromatic carbocycles. The average molecular weight is 723 g/mol. The van der Waals surface area contributed by atoms with E-state index in [0.29, 0.717) is 33.0 Å². The van der Waals surface area contributed by atoms with Crippen molar-refractivity contribution in [3.05, 3.63) is 158 Å². The lowest BCUT2D eigenvalue weighted by molar-refractivity contribution is 1.27. The molecule has 0 saturated heterocycles. The van der Waals surface area contributed by atoms with Gasteiger partial charge in [0.2, 0.25) is 5.43 Å². The van der Waals surface area contributed by atoms with Gasteiger partial charge in [-0.25, -0.2) is 4.99 Å². The molecule has 0 amide bonds. The molecular formula is C43H26N6O2S2. The molecule has 10 aromatic rings. The molecule has 8 nitrogen and oxygen atoms in total. The van der Waals surface area contributed by atoms with Gasteiger partial charge < -0.3 is 4.90 Å². The largest absolute Gasteiger partial charge is 0.311 e. The fourth-order valence-corrected chi connectivity index (χ4v) is 8.32. The van der Waals surface area contributed by atoms with Crippen LogP contribution in [0.5, 0.6) is 0 Å². The van der Waals surface area contributed by atoms with Crippen LogP contribution in [0.4, 0.5) is 22.7 Å². The first-order chi connectivity index (χ1) is 25.9. The van der Waals surface area contributed by atoms with Gasteiger partial charge in [0.1, 0.15) is 27.4 Å². The Morgan fingerprint density at radius 3 is 1.64 bits per heavy atom. The van der Waals surface area contributed by atoms with Gasteiger partial charge in [-0.1, -0.05) is 71.8 Å². The van der Waals surface area contributed by atoms with Crippen LogP contribution < -0.4 is 21.1 Å². The number of aromatic nitrogens is 4. The van der Waals surface area contributed by atoms with Crippen molar-refractivity contribution in [3.8, 4) is 11.1 Å². The second-order valence-electron chi connectivity index (χ2n) is 13.3. The molecule has 10 rings (SSSR count). The molecule has 0 bridgehead atoms. The Morgan fingerprint density at radius 1 is 0.509 bits per heavy atom. The van der Waals surface area contributed by atoms with E-state index >= 15 is 0 Å². The monoisotopic (exact) mass is 722 g/mol. The molecule has 2 aromatic heterocycles. The van der Waals surface area contributed by atoms with Crippen molar-refractivity contribution < 1.29 is 0 Å². The van der Waals surface area contributed by atoms with Gasteiger partial charge in [0.25, 0.3) is 5.43 Å². The van der Waals surface area contributed by atoms with E-state index in [0.717, 1.165) is 78.7 Å². The summed E-state index contributed by atoms with van der Waals surface area (Å²) in [5.41, 5.74) is 9.44. The fraction of sp³-hybridized carbons (Fsp3) is 0.0465. The van der Waals surface area contributed by atoms with Crippen LogP contribution in [-0.4, -0.2) is 17.5 Å².